The van der Waals surface area contributed by atoms with Crippen molar-refractivity contribution in [3.05, 3.63) is 58.1 Å². The molecule has 1 aliphatic heterocycles. The third kappa shape index (κ3) is 4.21. The van der Waals surface area contributed by atoms with Gasteiger partial charge in [-0.3, -0.25) is 19.2 Å². The highest BCUT2D eigenvalue weighted by molar-refractivity contribution is 7.93. The number of hydrogen-bond donors (Lipinski definition) is 1. The first-order chi connectivity index (χ1) is 14.0. The van der Waals surface area contributed by atoms with E-state index in [0.29, 0.717) is 18.7 Å². The number of amides is 1. The molecule has 0 atom stereocenters. The van der Waals surface area contributed by atoms with Gasteiger partial charge in [0.2, 0.25) is 10.0 Å². The number of anilines is 1. The molecule has 0 bridgehead atoms. The van der Waals surface area contributed by atoms with E-state index in [4.69, 9.17) is 4.74 Å². The van der Waals surface area contributed by atoms with Crippen LogP contribution in [0.25, 0.3) is 0 Å². The number of benzene rings is 2. The molecule has 0 radical (unpaired) electrons. The summed E-state index contributed by atoms with van der Waals surface area (Å²) in [5.41, 5.74) is -0.447. The molecule has 30 heavy (non-hydrogen) atoms. The number of sulfonamides is 2. The van der Waals surface area contributed by atoms with Gasteiger partial charge in [-0.15, -0.1) is 0 Å². The minimum atomic E-state index is -4.56. The average molecular weight is 455 g/mol. The summed E-state index contributed by atoms with van der Waals surface area (Å²) in [5.74, 6) is -0.899. The van der Waals surface area contributed by atoms with Gasteiger partial charge in [-0.2, -0.15) is 0 Å². The number of nitro groups is 1. The van der Waals surface area contributed by atoms with E-state index in [-0.39, 0.29) is 17.1 Å². The molecule has 13 heteroatoms. The van der Waals surface area contributed by atoms with Crippen LogP contribution in [0.15, 0.2) is 47.4 Å². The number of carbonyl (C=O) groups excluding carboxylic acids is 1. The molecule has 2 aromatic carbocycles. The Morgan fingerprint density at radius 2 is 1.87 bits per heavy atom. The van der Waals surface area contributed by atoms with Crippen molar-refractivity contribution in [2.75, 3.05) is 23.7 Å². The van der Waals surface area contributed by atoms with Crippen molar-refractivity contribution < 1.29 is 31.3 Å². The van der Waals surface area contributed by atoms with Crippen LogP contribution in [0.1, 0.15) is 16.8 Å². The SMILES string of the molecule is COc1ccc(S(=O)(=O)NC(=O)c2ccc(N3CCCS3(=O)=O)cc2)c([N+](=O)[O-])c1. The first kappa shape index (κ1) is 21.5. The molecule has 0 saturated carbocycles. The summed E-state index contributed by atoms with van der Waals surface area (Å²) in [6.45, 7) is 0.323. The second-order valence-corrected chi connectivity index (χ2v) is 9.98. The van der Waals surface area contributed by atoms with Gasteiger partial charge in [0, 0.05) is 12.1 Å². The quantitative estimate of drug-likeness (QED) is 0.505. The minimum Gasteiger partial charge on any atom is -0.497 e. The van der Waals surface area contributed by atoms with Crippen molar-refractivity contribution in [3.63, 3.8) is 0 Å². The summed E-state index contributed by atoms with van der Waals surface area (Å²) in [7, 11) is -6.68. The fraction of sp³-hybridized carbons (Fsp3) is 0.235. The summed E-state index contributed by atoms with van der Waals surface area (Å²) in [6, 6.07) is 8.45. The van der Waals surface area contributed by atoms with E-state index >= 15 is 0 Å². The van der Waals surface area contributed by atoms with Gasteiger partial charge >= 0.3 is 0 Å². The molecule has 0 spiro atoms. The van der Waals surface area contributed by atoms with Crippen molar-refractivity contribution in [1.29, 1.82) is 0 Å². The molecule has 0 aliphatic carbocycles. The first-order valence-electron chi connectivity index (χ1n) is 8.55. The van der Waals surface area contributed by atoms with E-state index in [2.05, 4.69) is 0 Å². The molecular weight excluding hydrogens is 438 g/mol. The van der Waals surface area contributed by atoms with Crippen LogP contribution in [0.2, 0.25) is 0 Å². The Labute approximate surface area is 172 Å². The van der Waals surface area contributed by atoms with Gasteiger partial charge in [0.05, 0.1) is 29.5 Å². The van der Waals surface area contributed by atoms with E-state index in [0.717, 1.165) is 12.1 Å². The van der Waals surface area contributed by atoms with Gasteiger partial charge in [0.15, 0.2) is 4.90 Å². The lowest BCUT2D eigenvalue weighted by atomic mass is 10.2. The summed E-state index contributed by atoms with van der Waals surface area (Å²) in [5, 5.41) is 11.2. The van der Waals surface area contributed by atoms with Crippen molar-refractivity contribution in [2.45, 2.75) is 11.3 Å². The van der Waals surface area contributed by atoms with E-state index in [1.807, 2.05) is 0 Å². The zero-order chi connectivity index (χ0) is 22.1. The standard InChI is InChI=1S/C17H17N3O8S2/c1-28-14-7-8-16(15(11-14)20(22)23)30(26,27)18-17(21)12-3-5-13(6-4-12)19-9-2-10-29(19,24)25/h3-8,11H,2,9-10H2,1H3,(H,18,21). The molecular formula is C17H17N3O8S2. The maximum Gasteiger partial charge on any atom is 0.293 e. The Kier molecular flexibility index (Phi) is 5.67. The van der Waals surface area contributed by atoms with Crippen molar-refractivity contribution >= 4 is 37.3 Å². The lowest BCUT2D eigenvalue weighted by Gasteiger charge is -2.17. The number of methoxy groups -OCH3 is 1. The predicted octanol–water partition coefficient (Wildman–Crippen LogP) is 1.26. The molecule has 1 aliphatic rings. The third-order valence-electron chi connectivity index (χ3n) is 4.40. The van der Waals surface area contributed by atoms with Gasteiger partial charge in [-0.25, -0.2) is 21.6 Å². The predicted molar refractivity (Wildman–Crippen MR) is 106 cm³/mol. The van der Waals surface area contributed by atoms with Crippen LogP contribution in [0, 0.1) is 10.1 Å². The number of carbonyl (C=O) groups is 1. The number of nitro benzene ring substituents is 1. The normalized spacial score (nSPS) is 15.6. The molecule has 3 rings (SSSR count). The maximum atomic E-state index is 12.5. The average Bonchev–Trinajstić information content (AvgIpc) is 3.06. The smallest absolute Gasteiger partial charge is 0.293 e. The summed E-state index contributed by atoms with van der Waals surface area (Å²) in [4.78, 5) is 22.0. The Morgan fingerprint density at radius 3 is 2.40 bits per heavy atom. The van der Waals surface area contributed by atoms with Crippen LogP contribution < -0.4 is 13.8 Å². The zero-order valence-electron chi connectivity index (χ0n) is 15.6. The molecule has 2 aromatic rings. The Bertz CT molecular complexity index is 1210. The topological polar surface area (TPSA) is 153 Å². The number of rotatable bonds is 6. The number of ether oxygens (including phenoxy) is 1. The lowest BCUT2D eigenvalue weighted by molar-refractivity contribution is -0.387. The fourth-order valence-electron chi connectivity index (χ4n) is 2.94. The summed E-state index contributed by atoms with van der Waals surface area (Å²) in [6.07, 6.45) is 0.490. The Morgan fingerprint density at radius 1 is 1.20 bits per heavy atom. The van der Waals surface area contributed by atoms with E-state index in [1.165, 1.54) is 41.7 Å². The van der Waals surface area contributed by atoms with Gasteiger partial charge in [-0.1, -0.05) is 0 Å². The molecule has 0 unspecified atom stereocenters. The van der Waals surface area contributed by atoms with Gasteiger partial charge in [0.25, 0.3) is 21.6 Å². The van der Waals surface area contributed by atoms with Crippen LogP contribution >= 0.6 is 0 Å². The Hall–Kier alpha value is -3.19. The molecule has 11 nitrogen and oxygen atoms in total. The van der Waals surface area contributed by atoms with Crippen LogP contribution in [-0.4, -0.2) is 47.1 Å². The first-order valence-corrected chi connectivity index (χ1v) is 11.6. The number of nitrogens with one attached hydrogen (secondary N) is 1. The van der Waals surface area contributed by atoms with Gasteiger partial charge in [0.1, 0.15) is 5.75 Å². The van der Waals surface area contributed by atoms with Crippen molar-refractivity contribution in [2.24, 2.45) is 0 Å². The third-order valence-corrected chi connectivity index (χ3v) is 7.64. The molecule has 160 valence electrons. The van der Waals surface area contributed by atoms with Crippen LogP contribution in [0.3, 0.4) is 0 Å². The van der Waals surface area contributed by atoms with Crippen LogP contribution in [0.5, 0.6) is 5.75 Å². The largest absolute Gasteiger partial charge is 0.497 e. The summed E-state index contributed by atoms with van der Waals surface area (Å²) < 4.78 is 56.9. The monoisotopic (exact) mass is 455 g/mol. The van der Waals surface area contributed by atoms with Crippen molar-refractivity contribution in [1.82, 2.24) is 4.72 Å². The van der Waals surface area contributed by atoms with Crippen molar-refractivity contribution in [3.8, 4) is 5.75 Å². The minimum absolute atomic E-state index is 0.0358. The highest BCUT2D eigenvalue weighted by Crippen LogP contribution is 2.28. The van der Waals surface area contributed by atoms with E-state index in [1.54, 1.807) is 4.72 Å². The number of nitrogens with zero attached hydrogens (tertiary/aromatic N) is 2. The highest BCUT2D eigenvalue weighted by Gasteiger charge is 2.30. The van der Waals surface area contributed by atoms with Gasteiger partial charge < -0.3 is 4.74 Å². The molecule has 1 heterocycles. The van der Waals surface area contributed by atoms with Crippen LogP contribution in [-0.2, 0) is 20.0 Å². The lowest BCUT2D eigenvalue weighted by Crippen LogP contribution is -2.31. The molecule has 1 amide bonds. The van der Waals surface area contributed by atoms with E-state index < -0.39 is 41.5 Å². The second-order valence-electron chi connectivity index (χ2n) is 6.31. The maximum absolute atomic E-state index is 12.5. The van der Waals surface area contributed by atoms with Gasteiger partial charge in [-0.05, 0) is 42.8 Å². The molecule has 0 aromatic heterocycles. The highest BCUT2D eigenvalue weighted by atomic mass is 32.2. The van der Waals surface area contributed by atoms with E-state index in [9.17, 15) is 31.7 Å². The summed E-state index contributed by atoms with van der Waals surface area (Å²) >= 11 is 0. The zero-order valence-corrected chi connectivity index (χ0v) is 17.3. The fourth-order valence-corrected chi connectivity index (χ4v) is 5.63. The molecule has 1 saturated heterocycles. The van der Waals surface area contributed by atoms with Crippen LogP contribution in [0.4, 0.5) is 11.4 Å². The second kappa shape index (κ2) is 7.91. The number of hydrogen-bond acceptors (Lipinski definition) is 8. The molecule has 1 fully saturated rings. The Balaban J connectivity index is 1.84. The molecule has 1 N–H and O–H groups in total.